The molecule has 0 amide bonds. The van der Waals surface area contributed by atoms with E-state index in [1.807, 2.05) is 6.92 Å². The van der Waals surface area contributed by atoms with E-state index in [0.717, 1.165) is 11.3 Å². The largest absolute Gasteiger partial charge is 0.223 e. The summed E-state index contributed by atoms with van der Waals surface area (Å²) in [6, 6.07) is 11.5. The zero-order valence-corrected chi connectivity index (χ0v) is 12.4. The molecule has 0 N–H and O–H groups in total. The van der Waals surface area contributed by atoms with Gasteiger partial charge in [-0.05, 0) is 30.7 Å². The molecule has 5 heteroatoms. The molecule has 0 aliphatic rings. The number of benzene rings is 2. The number of hydrogen-bond acceptors (Lipinski definition) is 2. The van der Waals surface area contributed by atoms with E-state index in [9.17, 15) is 8.42 Å². The first-order chi connectivity index (χ1) is 8.90. The quantitative estimate of drug-likeness (QED) is 0.847. The van der Waals surface area contributed by atoms with Gasteiger partial charge in [-0.1, -0.05) is 53.0 Å². The van der Waals surface area contributed by atoms with E-state index in [1.54, 1.807) is 42.5 Å². The van der Waals surface area contributed by atoms with Crippen LogP contribution in [0.4, 0.5) is 0 Å². The Morgan fingerprint density at radius 1 is 1.00 bits per heavy atom. The van der Waals surface area contributed by atoms with E-state index < -0.39 is 9.84 Å². The van der Waals surface area contributed by atoms with Crippen molar-refractivity contribution in [2.45, 2.75) is 11.8 Å². The highest BCUT2D eigenvalue weighted by molar-refractivity contribution is 7.93. The topological polar surface area (TPSA) is 34.1 Å². The molecule has 99 valence electrons. The molecule has 0 aliphatic heterocycles. The summed E-state index contributed by atoms with van der Waals surface area (Å²) in [7, 11) is -3.54. The lowest BCUT2D eigenvalue weighted by molar-refractivity contribution is 0.602. The molecule has 2 nitrogen and oxygen atoms in total. The lowest BCUT2D eigenvalue weighted by Gasteiger charge is -2.07. The third-order valence-electron chi connectivity index (χ3n) is 2.61. The summed E-state index contributed by atoms with van der Waals surface area (Å²) in [6.45, 7) is 1.90. The Bertz CT molecular complexity index is 692. The molecule has 2 aromatic rings. The van der Waals surface area contributed by atoms with Gasteiger partial charge >= 0.3 is 0 Å². The number of rotatable bonds is 3. The molecule has 0 saturated carbocycles. The standard InChI is InChI=1S/C14H11Cl2O2S/c1-10-5-7-12(8-6-10)19(17,18)9-11-3-2-4-13(15)14(11)16/h2-9H,1H3. The monoisotopic (exact) mass is 313 g/mol. The predicted octanol–water partition coefficient (Wildman–Crippen LogP) is 4.29. The van der Waals surface area contributed by atoms with Crippen LogP contribution in [0.25, 0.3) is 0 Å². The van der Waals surface area contributed by atoms with Crippen molar-refractivity contribution in [1.82, 2.24) is 0 Å². The van der Waals surface area contributed by atoms with E-state index in [1.165, 1.54) is 0 Å². The van der Waals surface area contributed by atoms with Crippen molar-refractivity contribution in [2.24, 2.45) is 0 Å². The van der Waals surface area contributed by atoms with Crippen LogP contribution >= 0.6 is 23.2 Å². The van der Waals surface area contributed by atoms with Gasteiger partial charge in [0, 0.05) is 0 Å². The van der Waals surface area contributed by atoms with Crippen LogP contribution in [-0.4, -0.2) is 8.42 Å². The van der Waals surface area contributed by atoms with E-state index in [0.29, 0.717) is 10.6 Å². The molecule has 0 fully saturated rings. The number of halogens is 2. The minimum absolute atomic E-state index is 0.231. The van der Waals surface area contributed by atoms with Gasteiger partial charge in [0.15, 0.2) is 9.84 Å². The SMILES string of the molecule is Cc1ccc(S(=O)(=O)[CH]c2cccc(Cl)c2Cl)cc1. The van der Waals surface area contributed by atoms with Crippen LogP contribution in [0.15, 0.2) is 47.4 Å². The molecular formula is C14H11Cl2O2S. The molecule has 0 saturated heterocycles. The minimum atomic E-state index is -3.54. The lowest BCUT2D eigenvalue weighted by atomic mass is 10.2. The van der Waals surface area contributed by atoms with Gasteiger partial charge in [0.25, 0.3) is 0 Å². The second-order valence-electron chi connectivity index (χ2n) is 4.12. The van der Waals surface area contributed by atoms with E-state index in [4.69, 9.17) is 23.2 Å². The first-order valence-electron chi connectivity index (χ1n) is 5.51. The molecule has 2 rings (SSSR count). The van der Waals surface area contributed by atoms with E-state index in [2.05, 4.69) is 0 Å². The van der Waals surface area contributed by atoms with Crippen molar-refractivity contribution in [3.63, 3.8) is 0 Å². The summed E-state index contributed by atoms with van der Waals surface area (Å²) in [6.07, 6.45) is 0. The highest BCUT2D eigenvalue weighted by Gasteiger charge is 2.18. The van der Waals surface area contributed by atoms with Gasteiger partial charge < -0.3 is 0 Å². The van der Waals surface area contributed by atoms with Crippen LogP contribution in [0, 0.1) is 12.7 Å². The third-order valence-corrected chi connectivity index (χ3v) is 4.94. The van der Waals surface area contributed by atoms with Crippen molar-refractivity contribution < 1.29 is 8.42 Å². The maximum Gasteiger partial charge on any atom is 0.187 e. The van der Waals surface area contributed by atoms with Crippen LogP contribution in [0.3, 0.4) is 0 Å². The molecule has 0 aliphatic carbocycles. The fourth-order valence-electron chi connectivity index (χ4n) is 1.57. The highest BCUT2D eigenvalue weighted by atomic mass is 35.5. The Kier molecular flexibility index (Phi) is 4.19. The summed E-state index contributed by atoms with van der Waals surface area (Å²) in [5.74, 6) is 1.13. The van der Waals surface area contributed by atoms with Crippen LogP contribution < -0.4 is 0 Å². The highest BCUT2D eigenvalue weighted by Crippen LogP contribution is 2.29. The Morgan fingerprint density at radius 2 is 1.63 bits per heavy atom. The van der Waals surface area contributed by atoms with Gasteiger partial charge in [0.1, 0.15) is 5.75 Å². The Hall–Kier alpha value is -1.03. The van der Waals surface area contributed by atoms with Crippen molar-refractivity contribution >= 4 is 33.0 Å². The maximum atomic E-state index is 12.2. The molecule has 0 atom stereocenters. The second kappa shape index (κ2) is 5.53. The zero-order chi connectivity index (χ0) is 14.0. The van der Waals surface area contributed by atoms with Gasteiger partial charge in [-0.25, -0.2) is 8.42 Å². The summed E-state index contributed by atoms with van der Waals surface area (Å²) in [5, 5.41) is 0.564. The van der Waals surface area contributed by atoms with Crippen LogP contribution in [0.1, 0.15) is 11.1 Å². The van der Waals surface area contributed by atoms with Crippen molar-refractivity contribution in [3.8, 4) is 0 Å². The summed E-state index contributed by atoms with van der Waals surface area (Å²) in [4.78, 5) is 0.231. The summed E-state index contributed by atoms with van der Waals surface area (Å²) >= 11 is 11.8. The fraction of sp³-hybridized carbons (Fsp3) is 0.0714. The molecule has 0 bridgehead atoms. The molecule has 0 aromatic heterocycles. The van der Waals surface area contributed by atoms with E-state index >= 15 is 0 Å². The normalized spacial score (nSPS) is 11.5. The minimum Gasteiger partial charge on any atom is -0.223 e. The number of aryl methyl sites for hydroxylation is 1. The maximum absolute atomic E-state index is 12.2. The average molecular weight is 314 g/mol. The van der Waals surface area contributed by atoms with Gasteiger partial charge in [0.2, 0.25) is 0 Å². The number of hydrogen-bond donors (Lipinski definition) is 0. The number of sulfone groups is 1. The smallest absolute Gasteiger partial charge is 0.187 e. The summed E-state index contributed by atoms with van der Waals surface area (Å²) < 4.78 is 24.4. The molecule has 0 spiro atoms. The molecule has 0 unspecified atom stereocenters. The first kappa shape index (κ1) is 14.4. The van der Waals surface area contributed by atoms with E-state index in [-0.39, 0.29) is 9.92 Å². The Labute approximate surface area is 122 Å². The zero-order valence-electron chi connectivity index (χ0n) is 10.1. The fourth-order valence-corrected chi connectivity index (χ4v) is 3.18. The van der Waals surface area contributed by atoms with Gasteiger partial charge in [-0.3, -0.25) is 0 Å². The Balaban J connectivity index is 2.36. The lowest BCUT2D eigenvalue weighted by Crippen LogP contribution is -2.03. The molecular weight excluding hydrogens is 303 g/mol. The molecule has 0 heterocycles. The van der Waals surface area contributed by atoms with Crippen LogP contribution in [0.2, 0.25) is 10.0 Å². The van der Waals surface area contributed by atoms with Crippen molar-refractivity contribution in [3.05, 3.63) is 69.4 Å². The first-order valence-corrected chi connectivity index (χ1v) is 7.81. The third kappa shape index (κ3) is 3.30. The van der Waals surface area contributed by atoms with Crippen molar-refractivity contribution in [1.29, 1.82) is 0 Å². The van der Waals surface area contributed by atoms with Gasteiger partial charge in [0.05, 0.1) is 14.9 Å². The molecule has 2 aromatic carbocycles. The average Bonchev–Trinajstić information content (AvgIpc) is 2.35. The predicted molar refractivity (Wildman–Crippen MR) is 78.2 cm³/mol. The molecule has 1 radical (unpaired) electrons. The van der Waals surface area contributed by atoms with Gasteiger partial charge in [-0.15, -0.1) is 0 Å². The molecule has 19 heavy (non-hydrogen) atoms. The Morgan fingerprint density at radius 3 is 2.26 bits per heavy atom. The van der Waals surface area contributed by atoms with Crippen LogP contribution in [-0.2, 0) is 9.84 Å². The summed E-state index contributed by atoms with van der Waals surface area (Å²) in [5.41, 5.74) is 1.38. The second-order valence-corrected chi connectivity index (χ2v) is 6.70. The van der Waals surface area contributed by atoms with Gasteiger partial charge in [-0.2, -0.15) is 0 Å². The van der Waals surface area contributed by atoms with Crippen molar-refractivity contribution in [2.75, 3.05) is 0 Å². The van der Waals surface area contributed by atoms with Crippen LogP contribution in [0.5, 0.6) is 0 Å².